The van der Waals surface area contributed by atoms with Crippen LogP contribution in [-0.4, -0.2) is 42.1 Å². The standard InChI is InChI=1S/C13H23N3O3/c1-9(2)5-11(12(17)18)7-15-13(19)16(4)8-10(3)6-14/h9-11H,5,7-8H2,1-4H3,(H,15,19)(H,17,18). The van der Waals surface area contributed by atoms with Gasteiger partial charge in [-0.25, -0.2) is 4.79 Å². The fraction of sp³-hybridized carbons (Fsp3) is 0.769. The van der Waals surface area contributed by atoms with E-state index in [1.807, 2.05) is 19.9 Å². The molecule has 0 saturated carbocycles. The summed E-state index contributed by atoms with van der Waals surface area (Å²) in [6.07, 6.45) is 0.522. The molecule has 0 aliphatic carbocycles. The Morgan fingerprint density at radius 2 is 1.95 bits per heavy atom. The predicted octanol–water partition coefficient (Wildman–Crippen LogP) is 1.53. The largest absolute Gasteiger partial charge is 0.481 e. The van der Waals surface area contributed by atoms with Gasteiger partial charge in [0, 0.05) is 20.1 Å². The molecule has 2 unspecified atom stereocenters. The molecule has 6 nitrogen and oxygen atoms in total. The fourth-order valence-corrected chi connectivity index (χ4v) is 1.72. The van der Waals surface area contributed by atoms with Gasteiger partial charge in [-0.2, -0.15) is 5.26 Å². The molecule has 2 amide bonds. The molecule has 0 heterocycles. The minimum atomic E-state index is -0.901. The molecule has 0 radical (unpaired) electrons. The average molecular weight is 269 g/mol. The summed E-state index contributed by atoms with van der Waals surface area (Å²) in [6, 6.07) is 1.69. The first-order chi connectivity index (χ1) is 8.77. The van der Waals surface area contributed by atoms with Crippen molar-refractivity contribution in [3.63, 3.8) is 0 Å². The van der Waals surface area contributed by atoms with E-state index in [4.69, 9.17) is 10.4 Å². The molecule has 2 atom stereocenters. The molecule has 0 aromatic rings. The van der Waals surface area contributed by atoms with Crippen LogP contribution in [0.4, 0.5) is 4.79 Å². The number of hydrogen-bond acceptors (Lipinski definition) is 3. The molecule has 0 fully saturated rings. The van der Waals surface area contributed by atoms with E-state index >= 15 is 0 Å². The van der Waals surface area contributed by atoms with Crippen LogP contribution in [-0.2, 0) is 4.79 Å². The van der Waals surface area contributed by atoms with E-state index in [0.29, 0.717) is 13.0 Å². The van der Waals surface area contributed by atoms with Gasteiger partial charge < -0.3 is 15.3 Å². The second kappa shape index (κ2) is 8.35. The van der Waals surface area contributed by atoms with Crippen molar-refractivity contribution in [3.05, 3.63) is 0 Å². The highest BCUT2D eigenvalue weighted by Crippen LogP contribution is 2.11. The number of carboxylic acids is 1. The van der Waals surface area contributed by atoms with Crippen molar-refractivity contribution < 1.29 is 14.7 Å². The highest BCUT2D eigenvalue weighted by Gasteiger charge is 2.20. The first-order valence-corrected chi connectivity index (χ1v) is 6.39. The van der Waals surface area contributed by atoms with Crippen molar-refractivity contribution in [2.45, 2.75) is 27.2 Å². The van der Waals surface area contributed by atoms with Crippen molar-refractivity contribution in [1.29, 1.82) is 5.26 Å². The van der Waals surface area contributed by atoms with Crippen molar-refractivity contribution in [2.24, 2.45) is 17.8 Å². The van der Waals surface area contributed by atoms with Crippen LogP contribution in [0.2, 0.25) is 0 Å². The normalized spacial score (nSPS) is 13.5. The summed E-state index contributed by atoms with van der Waals surface area (Å²) in [6.45, 7) is 6.04. The van der Waals surface area contributed by atoms with Gasteiger partial charge in [0.2, 0.25) is 0 Å². The van der Waals surface area contributed by atoms with Crippen LogP contribution < -0.4 is 5.32 Å². The van der Waals surface area contributed by atoms with Crippen molar-refractivity contribution in [3.8, 4) is 6.07 Å². The van der Waals surface area contributed by atoms with Gasteiger partial charge in [0.15, 0.2) is 0 Å². The summed E-state index contributed by atoms with van der Waals surface area (Å²) in [5, 5.41) is 20.3. The Morgan fingerprint density at radius 3 is 2.37 bits per heavy atom. The van der Waals surface area contributed by atoms with E-state index in [2.05, 4.69) is 5.32 Å². The van der Waals surface area contributed by atoms with Gasteiger partial charge in [0.25, 0.3) is 0 Å². The number of carbonyl (C=O) groups is 2. The molecule has 6 heteroatoms. The van der Waals surface area contributed by atoms with Gasteiger partial charge in [-0.1, -0.05) is 13.8 Å². The van der Waals surface area contributed by atoms with E-state index in [9.17, 15) is 9.59 Å². The minimum absolute atomic E-state index is 0.109. The summed E-state index contributed by atoms with van der Waals surface area (Å²) in [7, 11) is 1.58. The lowest BCUT2D eigenvalue weighted by Gasteiger charge is -2.21. The zero-order valence-corrected chi connectivity index (χ0v) is 12.0. The Balaban J connectivity index is 4.25. The number of amides is 2. The SMILES string of the molecule is CC(C)CC(CNC(=O)N(C)CC(C)C#N)C(=O)O. The maximum Gasteiger partial charge on any atom is 0.317 e. The molecule has 0 aliphatic rings. The molecular weight excluding hydrogens is 246 g/mol. The van der Waals surface area contributed by atoms with E-state index < -0.39 is 11.9 Å². The lowest BCUT2D eigenvalue weighted by molar-refractivity contribution is -0.142. The number of carbonyl (C=O) groups excluding carboxylic acids is 1. The summed E-state index contributed by atoms with van der Waals surface area (Å²) in [5.74, 6) is -1.47. The summed E-state index contributed by atoms with van der Waals surface area (Å²) < 4.78 is 0. The van der Waals surface area contributed by atoms with Gasteiger partial charge >= 0.3 is 12.0 Å². The third kappa shape index (κ3) is 7.29. The number of nitrogens with zero attached hydrogens (tertiary/aromatic N) is 2. The molecule has 0 rings (SSSR count). The van der Waals surface area contributed by atoms with Gasteiger partial charge in [0.05, 0.1) is 17.9 Å². The van der Waals surface area contributed by atoms with Crippen LogP contribution in [0, 0.1) is 29.1 Å². The number of nitriles is 1. The van der Waals surface area contributed by atoms with Crippen molar-refractivity contribution in [1.82, 2.24) is 10.2 Å². The first kappa shape index (κ1) is 17.2. The molecule has 19 heavy (non-hydrogen) atoms. The van der Waals surface area contributed by atoms with Crippen LogP contribution in [0.1, 0.15) is 27.2 Å². The topological polar surface area (TPSA) is 93.4 Å². The molecule has 0 aromatic carbocycles. The molecule has 108 valence electrons. The minimum Gasteiger partial charge on any atom is -0.481 e. The highest BCUT2D eigenvalue weighted by molar-refractivity contribution is 5.75. The van der Waals surface area contributed by atoms with Crippen LogP contribution in [0.3, 0.4) is 0 Å². The molecule has 0 aromatic heterocycles. The third-order valence-corrected chi connectivity index (χ3v) is 2.72. The molecule has 2 N–H and O–H groups in total. The Hall–Kier alpha value is -1.77. The van der Waals surface area contributed by atoms with Crippen molar-refractivity contribution in [2.75, 3.05) is 20.1 Å². The maximum atomic E-state index is 11.7. The number of rotatable bonds is 7. The number of urea groups is 1. The fourth-order valence-electron chi connectivity index (χ4n) is 1.72. The second-order valence-electron chi connectivity index (χ2n) is 5.26. The second-order valence-corrected chi connectivity index (χ2v) is 5.26. The number of nitrogens with one attached hydrogen (secondary N) is 1. The summed E-state index contributed by atoms with van der Waals surface area (Å²) in [5.41, 5.74) is 0. The Kier molecular flexibility index (Phi) is 7.57. The van der Waals surface area contributed by atoms with Crippen LogP contribution in [0.5, 0.6) is 0 Å². The number of carboxylic acid groups (broad SMARTS) is 1. The third-order valence-electron chi connectivity index (χ3n) is 2.72. The van der Waals surface area contributed by atoms with Crippen LogP contribution >= 0.6 is 0 Å². The van der Waals surface area contributed by atoms with Crippen LogP contribution in [0.25, 0.3) is 0 Å². The van der Waals surface area contributed by atoms with E-state index in [0.717, 1.165) is 0 Å². The number of aliphatic carboxylic acids is 1. The Bertz CT molecular complexity index is 350. The van der Waals surface area contributed by atoms with Crippen LogP contribution in [0.15, 0.2) is 0 Å². The quantitative estimate of drug-likeness (QED) is 0.733. The Morgan fingerprint density at radius 1 is 1.37 bits per heavy atom. The zero-order valence-electron chi connectivity index (χ0n) is 12.0. The highest BCUT2D eigenvalue weighted by atomic mass is 16.4. The molecule has 0 spiro atoms. The molecule has 0 bridgehead atoms. The average Bonchev–Trinajstić information content (AvgIpc) is 2.32. The number of hydrogen-bond donors (Lipinski definition) is 2. The van der Waals surface area contributed by atoms with Gasteiger partial charge in [0.1, 0.15) is 0 Å². The predicted molar refractivity (Wildman–Crippen MR) is 71.4 cm³/mol. The molecular formula is C13H23N3O3. The van der Waals surface area contributed by atoms with Gasteiger partial charge in [-0.15, -0.1) is 0 Å². The zero-order chi connectivity index (χ0) is 15.0. The van der Waals surface area contributed by atoms with E-state index in [1.165, 1.54) is 4.90 Å². The smallest absolute Gasteiger partial charge is 0.317 e. The Labute approximate surface area is 114 Å². The molecule has 0 aliphatic heterocycles. The monoisotopic (exact) mass is 269 g/mol. The van der Waals surface area contributed by atoms with Gasteiger partial charge in [-0.3, -0.25) is 4.79 Å². The van der Waals surface area contributed by atoms with E-state index in [1.54, 1.807) is 14.0 Å². The maximum absolute atomic E-state index is 11.7. The first-order valence-electron chi connectivity index (χ1n) is 6.39. The lowest BCUT2D eigenvalue weighted by Crippen LogP contribution is -2.42. The summed E-state index contributed by atoms with van der Waals surface area (Å²) in [4.78, 5) is 24.1. The summed E-state index contributed by atoms with van der Waals surface area (Å²) >= 11 is 0. The van der Waals surface area contributed by atoms with E-state index in [-0.39, 0.29) is 24.4 Å². The van der Waals surface area contributed by atoms with Crippen molar-refractivity contribution >= 4 is 12.0 Å². The van der Waals surface area contributed by atoms with Gasteiger partial charge in [-0.05, 0) is 19.3 Å². The molecule has 0 saturated heterocycles. The lowest BCUT2D eigenvalue weighted by atomic mass is 9.97.